The molecule has 0 bridgehead atoms. The van der Waals surface area contributed by atoms with Crippen LogP contribution in [0.4, 0.5) is 8.78 Å². The molecule has 2 aromatic heterocycles. The van der Waals surface area contributed by atoms with E-state index in [4.69, 9.17) is 4.74 Å². The lowest BCUT2D eigenvalue weighted by molar-refractivity contribution is 0.151. The van der Waals surface area contributed by atoms with Gasteiger partial charge in [-0.1, -0.05) is 24.3 Å². The van der Waals surface area contributed by atoms with E-state index in [2.05, 4.69) is 4.98 Å². The summed E-state index contributed by atoms with van der Waals surface area (Å²) in [5.41, 5.74) is 4.65. The van der Waals surface area contributed by atoms with Crippen LogP contribution in [0, 0.1) is 0 Å². The maximum Gasteiger partial charge on any atom is 0.263 e. The monoisotopic (exact) mass is 378 g/mol. The SMILES string of the molecule is CC(C)Oc1ccc(-c2cnc3ccc(-c4ccc(C(F)F)cc4)cn23)cc1. The lowest BCUT2D eigenvalue weighted by Crippen LogP contribution is -2.05. The molecule has 0 spiro atoms. The Morgan fingerprint density at radius 1 is 0.821 bits per heavy atom. The molecule has 0 aliphatic carbocycles. The van der Waals surface area contributed by atoms with Gasteiger partial charge in [-0.3, -0.25) is 4.40 Å². The van der Waals surface area contributed by atoms with Crippen LogP contribution in [-0.2, 0) is 0 Å². The second-order valence-electron chi connectivity index (χ2n) is 6.90. The predicted molar refractivity (Wildman–Crippen MR) is 107 cm³/mol. The second-order valence-corrected chi connectivity index (χ2v) is 6.90. The summed E-state index contributed by atoms with van der Waals surface area (Å²) < 4.78 is 33.3. The predicted octanol–water partition coefficient (Wildman–Crippen LogP) is 6.39. The summed E-state index contributed by atoms with van der Waals surface area (Å²) in [6.07, 6.45) is 1.48. The largest absolute Gasteiger partial charge is 0.491 e. The van der Waals surface area contributed by atoms with Crippen molar-refractivity contribution < 1.29 is 13.5 Å². The number of pyridine rings is 1. The van der Waals surface area contributed by atoms with Gasteiger partial charge in [0.15, 0.2) is 0 Å². The average molecular weight is 378 g/mol. The number of alkyl halides is 2. The van der Waals surface area contributed by atoms with Crippen LogP contribution in [0.1, 0.15) is 25.8 Å². The Morgan fingerprint density at radius 2 is 1.46 bits per heavy atom. The summed E-state index contributed by atoms with van der Waals surface area (Å²) in [5, 5.41) is 0. The standard InChI is InChI=1S/C23H20F2N2O/c1-15(2)28-20-10-7-17(8-11-20)21-13-26-22-12-9-19(14-27(21)22)16-3-5-18(6-4-16)23(24)25/h3-15,23H,1-2H3. The van der Waals surface area contributed by atoms with Gasteiger partial charge in [0.05, 0.1) is 18.0 Å². The zero-order valence-electron chi connectivity index (χ0n) is 15.6. The Bertz CT molecular complexity index is 1080. The highest BCUT2D eigenvalue weighted by Crippen LogP contribution is 2.28. The molecular formula is C23H20F2N2O. The van der Waals surface area contributed by atoms with Crippen molar-refractivity contribution in [3.05, 3.63) is 78.6 Å². The highest BCUT2D eigenvalue weighted by atomic mass is 19.3. The van der Waals surface area contributed by atoms with Gasteiger partial charge in [-0.2, -0.15) is 0 Å². The van der Waals surface area contributed by atoms with Crippen molar-refractivity contribution in [1.82, 2.24) is 9.38 Å². The molecule has 0 aliphatic rings. The number of imidazole rings is 1. The number of rotatable bonds is 5. The van der Waals surface area contributed by atoms with Gasteiger partial charge >= 0.3 is 0 Å². The summed E-state index contributed by atoms with van der Waals surface area (Å²) >= 11 is 0. The number of nitrogens with zero attached hydrogens (tertiary/aromatic N) is 2. The minimum Gasteiger partial charge on any atom is -0.491 e. The zero-order valence-corrected chi connectivity index (χ0v) is 15.6. The third kappa shape index (κ3) is 3.60. The van der Waals surface area contributed by atoms with E-state index < -0.39 is 6.43 Å². The van der Waals surface area contributed by atoms with Crippen molar-refractivity contribution in [2.24, 2.45) is 0 Å². The van der Waals surface area contributed by atoms with E-state index in [9.17, 15) is 8.78 Å². The first-order chi connectivity index (χ1) is 13.5. The average Bonchev–Trinajstić information content (AvgIpc) is 3.11. The molecule has 4 rings (SSSR count). The number of halogens is 2. The van der Waals surface area contributed by atoms with Crippen molar-refractivity contribution in [2.75, 3.05) is 0 Å². The number of benzene rings is 2. The molecule has 4 aromatic rings. The van der Waals surface area contributed by atoms with E-state index in [0.29, 0.717) is 0 Å². The molecule has 0 unspecified atom stereocenters. The first kappa shape index (κ1) is 18.2. The van der Waals surface area contributed by atoms with Crippen molar-refractivity contribution in [2.45, 2.75) is 26.4 Å². The van der Waals surface area contributed by atoms with Crippen LogP contribution in [0.15, 0.2) is 73.1 Å². The highest BCUT2D eigenvalue weighted by Gasteiger charge is 2.10. The van der Waals surface area contributed by atoms with Gasteiger partial charge in [0, 0.05) is 17.3 Å². The van der Waals surface area contributed by atoms with Gasteiger partial charge in [0.1, 0.15) is 11.4 Å². The normalized spacial score (nSPS) is 11.5. The number of hydrogen-bond donors (Lipinski definition) is 0. The Kier molecular flexibility index (Phi) is 4.82. The van der Waals surface area contributed by atoms with Gasteiger partial charge in [0.2, 0.25) is 0 Å². The van der Waals surface area contributed by atoms with Crippen LogP contribution in [0.2, 0.25) is 0 Å². The molecule has 3 nitrogen and oxygen atoms in total. The quantitative estimate of drug-likeness (QED) is 0.402. The summed E-state index contributed by atoms with van der Waals surface area (Å²) in [6.45, 7) is 3.99. The molecule has 0 aliphatic heterocycles. The fourth-order valence-electron chi connectivity index (χ4n) is 3.16. The Morgan fingerprint density at radius 3 is 2.11 bits per heavy atom. The first-order valence-corrected chi connectivity index (χ1v) is 9.14. The fraction of sp³-hybridized carbons (Fsp3) is 0.174. The van der Waals surface area contributed by atoms with Crippen molar-refractivity contribution in [3.8, 4) is 28.1 Å². The maximum absolute atomic E-state index is 12.8. The fourth-order valence-corrected chi connectivity index (χ4v) is 3.16. The lowest BCUT2D eigenvalue weighted by Gasteiger charge is -2.10. The van der Waals surface area contributed by atoms with Crippen molar-refractivity contribution in [3.63, 3.8) is 0 Å². The topological polar surface area (TPSA) is 26.5 Å². The lowest BCUT2D eigenvalue weighted by atomic mass is 10.1. The zero-order chi connectivity index (χ0) is 19.7. The van der Waals surface area contributed by atoms with E-state index in [1.54, 1.807) is 12.1 Å². The smallest absolute Gasteiger partial charge is 0.263 e. The van der Waals surface area contributed by atoms with Gasteiger partial charge in [-0.25, -0.2) is 13.8 Å². The maximum atomic E-state index is 12.8. The first-order valence-electron chi connectivity index (χ1n) is 9.14. The molecule has 0 saturated heterocycles. The molecular weight excluding hydrogens is 358 g/mol. The molecule has 2 heterocycles. The van der Waals surface area contributed by atoms with E-state index >= 15 is 0 Å². The molecule has 0 fully saturated rings. The molecule has 0 N–H and O–H groups in total. The van der Waals surface area contributed by atoms with E-state index in [0.717, 1.165) is 33.8 Å². The highest BCUT2D eigenvalue weighted by molar-refractivity contribution is 5.69. The Balaban J connectivity index is 1.70. The third-order valence-corrected chi connectivity index (χ3v) is 4.52. The minimum atomic E-state index is -2.46. The molecule has 0 amide bonds. The summed E-state index contributed by atoms with van der Waals surface area (Å²) in [7, 11) is 0. The third-order valence-electron chi connectivity index (χ3n) is 4.52. The van der Waals surface area contributed by atoms with Gasteiger partial charge < -0.3 is 4.74 Å². The van der Waals surface area contributed by atoms with Crippen LogP contribution < -0.4 is 4.74 Å². The molecule has 142 valence electrons. The van der Waals surface area contributed by atoms with Gasteiger partial charge in [-0.15, -0.1) is 0 Å². The van der Waals surface area contributed by atoms with Gasteiger partial charge in [0.25, 0.3) is 6.43 Å². The van der Waals surface area contributed by atoms with E-state index in [1.807, 2.05) is 67.0 Å². The van der Waals surface area contributed by atoms with Crippen molar-refractivity contribution in [1.29, 1.82) is 0 Å². The molecule has 28 heavy (non-hydrogen) atoms. The Labute approximate surface area is 162 Å². The number of hydrogen-bond acceptors (Lipinski definition) is 2. The summed E-state index contributed by atoms with van der Waals surface area (Å²) in [4.78, 5) is 4.47. The summed E-state index contributed by atoms with van der Waals surface area (Å²) in [6, 6.07) is 18.1. The molecule has 5 heteroatoms. The van der Waals surface area contributed by atoms with Crippen LogP contribution >= 0.6 is 0 Å². The van der Waals surface area contributed by atoms with Crippen LogP contribution in [0.5, 0.6) is 5.75 Å². The van der Waals surface area contributed by atoms with Crippen LogP contribution in [0.3, 0.4) is 0 Å². The molecule has 2 aromatic carbocycles. The second kappa shape index (κ2) is 7.43. The van der Waals surface area contributed by atoms with E-state index in [-0.39, 0.29) is 11.7 Å². The number of aromatic nitrogens is 2. The number of ether oxygens (including phenoxy) is 1. The van der Waals surface area contributed by atoms with Crippen LogP contribution in [-0.4, -0.2) is 15.5 Å². The minimum absolute atomic E-state index is 0.0249. The summed E-state index contributed by atoms with van der Waals surface area (Å²) in [5.74, 6) is 0.826. The molecule has 0 radical (unpaired) electrons. The van der Waals surface area contributed by atoms with Crippen molar-refractivity contribution >= 4 is 5.65 Å². The van der Waals surface area contributed by atoms with Gasteiger partial charge in [-0.05, 0) is 61.4 Å². The molecule has 0 saturated carbocycles. The van der Waals surface area contributed by atoms with E-state index in [1.165, 1.54) is 12.1 Å². The Hall–Kier alpha value is -3.21. The number of fused-ring (bicyclic) bond motifs is 1. The van der Waals surface area contributed by atoms with Crippen LogP contribution in [0.25, 0.3) is 28.0 Å². The molecule has 0 atom stereocenters.